The first-order chi connectivity index (χ1) is 32.5. The van der Waals surface area contributed by atoms with Crippen molar-refractivity contribution >= 4 is 54.1 Å². The average molecular weight is 961 g/mol. The Bertz CT molecular complexity index is 2420. The molecule has 5 amide bonds. The van der Waals surface area contributed by atoms with Gasteiger partial charge in [-0.05, 0) is 106 Å². The number of carbonyl (C=O) groups excluding carboxylic acids is 4. The molecule has 4 fully saturated rings. The number of aromatic nitrogens is 3. The van der Waals surface area contributed by atoms with Crippen LogP contribution in [0.15, 0.2) is 60.8 Å². The van der Waals surface area contributed by atoms with Gasteiger partial charge in [0.05, 0.1) is 30.5 Å². The molecule has 2 aliphatic heterocycles. The van der Waals surface area contributed by atoms with Gasteiger partial charge in [0.2, 0.25) is 11.8 Å². The minimum Gasteiger partial charge on any atom is -0.494 e. The zero-order valence-corrected chi connectivity index (χ0v) is 40.4. The van der Waals surface area contributed by atoms with E-state index in [4.69, 9.17) is 19.3 Å². The summed E-state index contributed by atoms with van der Waals surface area (Å²) in [6, 6.07) is 14.9. The number of nitrogens with zero attached hydrogens (tertiary/aromatic N) is 7. The molecule has 4 heterocycles. The first kappa shape index (κ1) is 48.9. The summed E-state index contributed by atoms with van der Waals surface area (Å²) >= 11 is 0. The van der Waals surface area contributed by atoms with Crippen molar-refractivity contribution in [1.29, 1.82) is 0 Å². The lowest BCUT2D eigenvalue weighted by Crippen LogP contribution is -2.53. The highest BCUT2D eigenvalue weighted by atomic mass is 28.3. The molecule has 8 rings (SSSR count). The Morgan fingerprint density at radius 2 is 1.60 bits per heavy atom. The van der Waals surface area contributed by atoms with Crippen molar-refractivity contribution in [1.82, 2.24) is 29.5 Å². The summed E-state index contributed by atoms with van der Waals surface area (Å²) in [4.78, 5) is 63.2. The summed E-state index contributed by atoms with van der Waals surface area (Å²) in [6.07, 6.45) is 4.74. The van der Waals surface area contributed by atoms with Crippen LogP contribution in [0.3, 0.4) is 0 Å². The summed E-state index contributed by atoms with van der Waals surface area (Å²) < 4.78 is 59.2. The molecule has 2 saturated heterocycles. The molecule has 0 bridgehead atoms. The highest BCUT2D eigenvalue weighted by Crippen LogP contribution is 2.37. The second-order valence-electron chi connectivity index (χ2n) is 19.8. The van der Waals surface area contributed by atoms with Gasteiger partial charge in [0, 0.05) is 89.6 Å². The van der Waals surface area contributed by atoms with Crippen molar-refractivity contribution in [2.24, 2.45) is 11.8 Å². The zero-order chi connectivity index (χ0) is 48.2. The lowest BCUT2D eigenvalue weighted by molar-refractivity contribution is -0.141. The van der Waals surface area contributed by atoms with Gasteiger partial charge in [0.1, 0.15) is 29.6 Å². The van der Waals surface area contributed by atoms with Gasteiger partial charge in [-0.3, -0.25) is 28.9 Å². The predicted octanol–water partition coefficient (Wildman–Crippen LogP) is 8.70. The van der Waals surface area contributed by atoms with Crippen LogP contribution in [0.4, 0.5) is 29.3 Å². The number of halogens is 3. The minimum absolute atomic E-state index is 0.00137. The molecular weight excluding hydrogens is 898 g/mol. The van der Waals surface area contributed by atoms with Crippen LogP contribution in [0.1, 0.15) is 80.0 Å². The molecule has 0 unspecified atom stereocenters. The SMILES string of the molecule is COc1cc2nn(C3CCC(CN4CCN(C(=O)C5CCC(Oc6ccc(N7CCC(=O)N(COCC[Si](C)(C)C)C7=O)cc6)CC5)CC4)CC3)cc2cc1NC(=O)c1cccc(C(F)(F)F)n1. The summed E-state index contributed by atoms with van der Waals surface area (Å²) in [5.41, 5.74) is 0.201. The topological polar surface area (TPSA) is 152 Å². The number of ether oxygens (including phenoxy) is 3. The number of fused-ring (bicyclic) bond motifs is 1. The van der Waals surface area contributed by atoms with Crippen LogP contribution in [0.5, 0.6) is 11.5 Å². The van der Waals surface area contributed by atoms with Crippen LogP contribution in [0, 0.1) is 11.8 Å². The van der Waals surface area contributed by atoms with Crippen LogP contribution in [0.2, 0.25) is 25.7 Å². The average Bonchev–Trinajstić information content (AvgIpc) is 3.74. The third kappa shape index (κ3) is 12.0. The predicted molar refractivity (Wildman–Crippen MR) is 253 cm³/mol. The molecule has 19 heteroatoms. The quantitative estimate of drug-likeness (QED) is 0.0906. The Labute approximate surface area is 396 Å². The van der Waals surface area contributed by atoms with E-state index in [1.54, 1.807) is 17.0 Å². The molecule has 68 heavy (non-hydrogen) atoms. The maximum absolute atomic E-state index is 13.7. The van der Waals surface area contributed by atoms with Crippen LogP contribution < -0.4 is 19.7 Å². The van der Waals surface area contributed by atoms with Gasteiger partial charge in [-0.15, -0.1) is 0 Å². The Hall–Kier alpha value is -5.53. The van der Waals surface area contributed by atoms with Gasteiger partial charge in [-0.25, -0.2) is 14.7 Å². The second kappa shape index (κ2) is 21.0. The summed E-state index contributed by atoms with van der Waals surface area (Å²) in [5.74, 6) is 0.854. The Kier molecular flexibility index (Phi) is 15.1. The van der Waals surface area contributed by atoms with Crippen molar-refractivity contribution in [3.05, 3.63) is 72.2 Å². The van der Waals surface area contributed by atoms with Gasteiger partial charge in [-0.1, -0.05) is 25.7 Å². The lowest BCUT2D eigenvalue weighted by Gasteiger charge is -2.40. The van der Waals surface area contributed by atoms with Crippen LogP contribution in [-0.2, 0) is 20.5 Å². The first-order valence-corrected chi connectivity index (χ1v) is 27.6. The van der Waals surface area contributed by atoms with E-state index in [-0.39, 0.29) is 54.8 Å². The third-order valence-corrected chi connectivity index (χ3v) is 15.5. The lowest BCUT2D eigenvalue weighted by atomic mass is 9.85. The van der Waals surface area contributed by atoms with Crippen molar-refractivity contribution in [3.63, 3.8) is 0 Å². The van der Waals surface area contributed by atoms with Crippen LogP contribution in [0.25, 0.3) is 10.9 Å². The molecule has 15 nitrogen and oxygen atoms in total. The van der Waals surface area contributed by atoms with E-state index < -0.39 is 25.9 Å². The maximum atomic E-state index is 13.7. The highest BCUT2D eigenvalue weighted by molar-refractivity contribution is 6.76. The number of alkyl halides is 3. The molecule has 366 valence electrons. The molecule has 0 spiro atoms. The van der Waals surface area contributed by atoms with Gasteiger partial charge >= 0.3 is 12.2 Å². The maximum Gasteiger partial charge on any atom is 0.433 e. The van der Waals surface area contributed by atoms with E-state index in [1.165, 1.54) is 18.1 Å². The van der Waals surface area contributed by atoms with Crippen molar-refractivity contribution < 1.29 is 46.6 Å². The van der Waals surface area contributed by atoms with Crippen molar-refractivity contribution in [3.8, 4) is 11.5 Å². The number of piperazine rings is 1. The largest absolute Gasteiger partial charge is 0.494 e. The molecule has 2 saturated carbocycles. The van der Waals surface area contributed by atoms with Crippen molar-refractivity contribution in [2.45, 2.75) is 102 Å². The fourth-order valence-corrected chi connectivity index (χ4v) is 10.5. The number of hydrogen-bond donors (Lipinski definition) is 1. The number of benzene rings is 2. The standard InChI is InChI=1S/C49H63F3N8O7Si/c1-65-43-29-41-35(28-42(43)54-46(62)40-6-5-7-44(53-40)49(50,51)52)31-60(55-41)37-12-8-33(9-13-37)30-56-22-24-57(25-23-56)47(63)34-10-16-38(17-11-34)67-39-18-14-36(15-19-39)58-21-20-45(61)59(48(58)64)32-66-26-27-68(2,3)4/h5-7,14-15,18-19,28-29,31,33-34,37-38H,8-13,16-17,20-27,30,32H2,1-4H3,(H,54,62). The van der Waals surface area contributed by atoms with Gasteiger partial charge in [-0.2, -0.15) is 18.3 Å². The minimum atomic E-state index is -4.67. The Morgan fingerprint density at radius 3 is 2.28 bits per heavy atom. The number of methoxy groups -OCH3 is 1. The van der Waals surface area contributed by atoms with Gasteiger partial charge in [0.15, 0.2) is 0 Å². The molecule has 0 radical (unpaired) electrons. The second-order valence-corrected chi connectivity index (χ2v) is 25.4. The number of urea groups is 1. The number of rotatable bonds is 15. The van der Waals surface area contributed by atoms with Crippen LogP contribution in [-0.4, -0.2) is 127 Å². The van der Waals surface area contributed by atoms with E-state index >= 15 is 0 Å². The van der Waals surface area contributed by atoms with Gasteiger partial charge in [0.25, 0.3) is 5.91 Å². The summed E-state index contributed by atoms with van der Waals surface area (Å²) in [7, 11) is 0.166. The summed E-state index contributed by atoms with van der Waals surface area (Å²) in [6.45, 7) is 11.8. The van der Waals surface area contributed by atoms with Gasteiger partial charge < -0.3 is 24.4 Å². The number of amides is 5. The molecule has 2 aliphatic carbocycles. The van der Waals surface area contributed by atoms with E-state index in [2.05, 4.69) is 34.8 Å². The Morgan fingerprint density at radius 1 is 0.882 bits per heavy atom. The zero-order valence-electron chi connectivity index (χ0n) is 39.4. The first-order valence-electron chi connectivity index (χ1n) is 23.9. The highest BCUT2D eigenvalue weighted by Gasteiger charge is 2.36. The van der Waals surface area contributed by atoms with Crippen LogP contribution >= 0.6 is 0 Å². The molecule has 2 aromatic carbocycles. The normalized spacial score (nSPS) is 22.1. The number of imide groups is 1. The van der Waals surface area contributed by atoms with E-state index in [9.17, 15) is 32.3 Å². The smallest absolute Gasteiger partial charge is 0.433 e. The molecular formula is C49H63F3N8O7Si. The number of hydrogen-bond acceptors (Lipinski definition) is 10. The number of pyridine rings is 1. The molecule has 1 N–H and O–H groups in total. The molecule has 0 atom stereocenters. The number of nitrogens with one attached hydrogen (secondary N) is 1. The van der Waals surface area contributed by atoms with E-state index in [0.29, 0.717) is 41.7 Å². The van der Waals surface area contributed by atoms with E-state index in [0.717, 1.165) is 113 Å². The molecule has 2 aromatic heterocycles. The van der Waals surface area contributed by atoms with E-state index in [1.807, 2.05) is 40.0 Å². The fourth-order valence-electron chi connectivity index (χ4n) is 9.71. The summed E-state index contributed by atoms with van der Waals surface area (Å²) in [5, 5.41) is 8.26. The Balaban J connectivity index is 0.742. The number of anilines is 2. The number of carbonyl (C=O) groups is 4. The van der Waals surface area contributed by atoms with Crippen molar-refractivity contribution in [2.75, 3.05) is 69.9 Å². The molecule has 4 aliphatic rings. The third-order valence-electron chi connectivity index (χ3n) is 13.8. The fraction of sp³-hybridized carbons (Fsp3) is 0.551. The molecule has 4 aromatic rings. The monoisotopic (exact) mass is 960 g/mol.